The van der Waals surface area contributed by atoms with E-state index in [9.17, 15) is 29.4 Å². The molecule has 4 aromatic carbocycles. The molecule has 0 saturated carbocycles. The lowest BCUT2D eigenvalue weighted by molar-refractivity contribution is 0.0696. The number of nitrogens with one attached hydrogen (secondary N) is 3. The molecule has 0 spiro atoms. The second-order valence-electron chi connectivity index (χ2n) is 19.1. The van der Waals surface area contributed by atoms with Crippen LogP contribution in [0.25, 0.3) is 55.2 Å². The van der Waals surface area contributed by atoms with Crippen molar-refractivity contribution < 1.29 is 34.4 Å². The van der Waals surface area contributed by atoms with E-state index in [1.54, 1.807) is 62.0 Å². The van der Waals surface area contributed by atoms with Crippen LogP contribution in [-0.2, 0) is 0 Å². The van der Waals surface area contributed by atoms with Crippen LogP contribution < -0.4 is 48.0 Å². The minimum atomic E-state index is -1.20. The average Bonchev–Trinajstić information content (AvgIpc) is 3.68. The van der Waals surface area contributed by atoms with Gasteiger partial charge in [-0.2, -0.15) is 9.97 Å². The third kappa shape index (κ3) is 13.8. The van der Waals surface area contributed by atoms with Gasteiger partial charge in [0.2, 0.25) is 23.7 Å². The quantitative estimate of drug-likeness (QED) is 0.0422. The van der Waals surface area contributed by atoms with Crippen LogP contribution in [-0.4, -0.2) is 126 Å². The molecule has 0 aliphatic heterocycles. The monoisotopic (exact) mass is 1150 g/mol. The van der Waals surface area contributed by atoms with Crippen molar-refractivity contribution >= 4 is 57.0 Å². The molecule has 0 bridgehead atoms. The lowest BCUT2D eigenvalue weighted by Gasteiger charge is -2.24. The molecule has 23 heteroatoms. The maximum Gasteiger partial charge on any atom is 0.341 e. The molecule has 10 N–H and O–H groups in total. The van der Waals surface area contributed by atoms with Crippen LogP contribution in [0, 0.1) is 0 Å². The third-order valence-electron chi connectivity index (χ3n) is 13.5. The number of fused-ring (bicyclic) bond motifs is 2. The molecule has 0 unspecified atom stereocenters. The number of aromatic carboxylic acids is 1. The van der Waals surface area contributed by atoms with Crippen LogP contribution in [0.4, 0.5) is 23.5 Å². The molecular weight excluding hydrogens is 1080 g/mol. The molecule has 85 heavy (non-hydrogen) atoms. The second-order valence-corrected chi connectivity index (χ2v) is 19.1. The number of pyridine rings is 4. The lowest BCUT2D eigenvalue weighted by Crippen LogP contribution is -2.31. The minimum absolute atomic E-state index is 0.0116. The standard InChI is InChI=1S/C31H31N7O4.C28H24N6O4.C3H9NO/c1-19(35-28-24(18-34-31(32)36-28)29(40)37(2)14-15-39)25-16-21-8-7-11-23(20-12-13-33-26(17-20)42-3)27(21)30(41)38(25)22-9-5-4-6-10-22;1-16(32-25-21(27(36)37)15-31-28(29)33-25)22-13-18-7-6-10-20(17-11-12-30-23(14-17)38-2)24(18)26(35)34(22)19-8-4-3-5-9-19;1-4-2-3-5/h4-13,16-19,39H,14-15H2,1-3H3,(H3,32,34,35,36);3-16H,1-2H3,(H,36,37)(H3,29,31,32,33);4-5H,2-3H2,1H3/t19-;16-;/m00./s1. The largest absolute Gasteiger partial charge is 0.481 e. The molecule has 0 aliphatic carbocycles. The molecule has 436 valence electrons. The van der Waals surface area contributed by atoms with Gasteiger partial charge in [-0.3, -0.25) is 23.5 Å². The number of methoxy groups -OCH3 is 2. The average molecular weight is 1150 g/mol. The number of amides is 1. The van der Waals surface area contributed by atoms with E-state index in [1.807, 2.05) is 135 Å². The van der Waals surface area contributed by atoms with E-state index in [2.05, 4.69) is 45.9 Å². The molecule has 6 aromatic heterocycles. The van der Waals surface area contributed by atoms with Gasteiger partial charge in [-0.05, 0) is 102 Å². The van der Waals surface area contributed by atoms with Crippen LogP contribution in [0.1, 0.15) is 58.0 Å². The van der Waals surface area contributed by atoms with Gasteiger partial charge in [-0.15, -0.1) is 0 Å². The Morgan fingerprint density at radius 2 is 1.06 bits per heavy atom. The zero-order valence-electron chi connectivity index (χ0n) is 47.5. The Bertz CT molecular complexity index is 4110. The highest BCUT2D eigenvalue weighted by atomic mass is 16.5. The van der Waals surface area contributed by atoms with E-state index in [4.69, 9.17) is 26.0 Å². The molecule has 23 nitrogen and oxygen atoms in total. The first kappa shape index (κ1) is 60.5. The number of aromatic nitrogens is 8. The number of aliphatic hydroxyl groups excluding tert-OH is 2. The summed E-state index contributed by atoms with van der Waals surface area (Å²) in [4.78, 5) is 79.4. The van der Waals surface area contributed by atoms with Gasteiger partial charge in [0.1, 0.15) is 22.8 Å². The van der Waals surface area contributed by atoms with Crippen molar-refractivity contribution in [3.63, 3.8) is 0 Å². The van der Waals surface area contributed by atoms with Crippen molar-refractivity contribution in [3.8, 4) is 45.4 Å². The fourth-order valence-electron chi connectivity index (χ4n) is 9.40. The van der Waals surface area contributed by atoms with Crippen molar-refractivity contribution in [1.82, 2.24) is 49.3 Å². The smallest absolute Gasteiger partial charge is 0.341 e. The molecule has 10 rings (SSSR count). The summed E-state index contributed by atoms with van der Waals surface area (Å²) < 4.78 is 13.9. The van der Waals surface area contributed by atoms with Crippen LogP contribution in [0.15, 0.2) is 168 Å². The Morgan fingerprint density at radius 1 is 0.612 bits per heavy atom. The van der Waals surface area contributed by atoms with Gasteiger partial charge in [-0.1, -0.05) is 72.8 Å². The zero-order valence-corrected chi connectivity index (χ0v) is 47.5. The maximum atomic E-state index is 14.4. The molecule has 0 aliphatic rings. The number of nitrogens with two attached hydrogens (primary N) is 2. The van der Waals surface area contributed by atoms with Crippen molar-refractivity contribution in [2.75, 3.05) is 76.7 Å². The summed E-state index contributed by atoms with van der Waals surface area (Å²) in [5.74, 6) is -0.497. The summed E-state index contributed by atoms with van der Waals surface area (Å²) in [6, 6.07) is 40.0. The summed E-state index contributed by atoms with van der Waals surface area (Å²) in [5.41, 5.74) is 16.9. The predicted molar refractivity (Wildman–Crippen MR) is 328 cm³/mol. The summed E-state index contributed by atoms with van der Waals surface area (Å²) >= 11 is 0. The fourth-order valence-corrected chi connectivity index (χ4v) is 9.40. The normalized spacial score (nSPS) is 11.5. The summed E-state index contributed by atoms with van der Waals surface area (Å²) in [7, 11) is 6.47. The number of carboxylic acid groups (broad SMARTS) is 1. The number of carbonyl (C=O) groups is 2. The Balaban J connectivity index is 0.000000206. The zero-order chi connectivity index (χ0) is 60.7. The number of ether oxygens (including phenoxy) is 2. The van der Waals surface area contributed by atoms with Gasteiger partial charge < -0.3 is 57.1 Å². The number of hydrogen-bond donors (Lipinski definition) is 8. The Labute approximate surface area is 488 Å². The van der Waals surface area contributed by atoms with E-state index in [1.165, 1.54) is 11.1 Å². The molecule has 0 radical (unpaired) electrons. The summed E-state index contributed by atoms with van der Waals surface area (Å²) in [6.45, 7) is 4.58. The third-order valence-corrected chi connectivity index (χ3v) is 13.5. The number of carboxylic acids is 1. The highest BCUT2D eigenvalue weighted by Gasteiger charge is 2.25. The number of nitrogen functional groups attached to an aromatic ring is 2. The van der Waals surface area contributed by atoms with Crippen LogP contribution >= 0.6 is 0 Å². The Kier molecular flexibility index (Phi) is 19.9. The van der Waals surface area contributed by atoms with E-state index in [0.29, 0.717) is 51.8 Å². The number of rotatable bonds is 18. The van der Waals surface area contributed by atoms with Crippen molar-refractivity contribution in [2.24, 2.45) is 0 Å². The van der Waals surface area contributed by atoms with Gasteiger partial charge in [0.15, 0.2) is 0 Å². The number of aliphatic hydroxyl groups is 2. The minimum Gasteiger partial charge on any atom is -0.481 e. The molecule has 0 saturated heterocycles. The number of anilines is 4. The SMILES string of the molecule is CNCCO.COc1cc(-c2cccc3cc([C@H](C)Nc4nc(N)ncc4C(=O)N(C)CCO)n(-c4ccccc4)c(=O)c23)ccn1.COc1cc(-c2cccc3cc([C@H](C)Nc4nc(N)ncc4C(=O)O)n(-c4ccccc4)c(=O)c23)ccn1. The summed E-state index contributed by atoms with van der Waals surface area (Å²) in [6.07, 6.45) is 5.79. The summed E-state index contributed by atoms with van der Waals surface area (Å²) in [5, 5.41) is 38.6. The highest BCUT2D eigenvalue weighted by molar-refractivity contribution is 6.00. The van der Waals surface area contributed by atoms with E-state index in [0.717, 1.165) is 39.2 Å². The molecular formula is C62H64N14O9. The number of benzene rings is 4. The van der Waals surface area contributed by atoms with Gasteiger partial charge in [0.25, 0.3) is 17.0 Å². The first-order chi connectivity index (χ1) is 41.1. The predicted octanol–water partition coefficient (Wildman–Crippen LogP) is 7.17. The fraction of sp³-hybridized carbons (Fsp3) is 0.194. The molecule has 6 heterocycles. The Hall–Kier alpha value is -10.6. The van der Waals surface area contributed by atoms with Gasteiger partial charge in [-0.25, -0.2) is 24.7 Å². The first-order valence-electron chi connectivity index (χ1n) is 26.7. The molecule has 1 amide bonds. The first-order valence-corrected chi connectivity index (χ1v) is 26.7. The number of para-hydroxylation sites is 2. The molecule has 10 aromatic rings. The second kappa shape index (κ2) is 27.9. The van der Waals surface area contributed by atoms with Crippen LogP contribution in [0.2, 0.25) is 0 Å². The number of nitrogens with zero attached hydrogens (tertiary/aromatic N) is 9. The van der Waals surface area contributed by atoms with Gasteiger partial charge >= 0.3 is 5.97 Å². The van der Waals surface area contributed by atoms with Gasteiger partial charge in [0.05, 0.1) is 50.3 Å². The lowest BCUT2D eigenvalue weighted by atomic mass is 9.98. The van der Waals surface area contributed by atoms with E-state index < -0.39 is 18.1 Å². The topological polar surface area (TPSA) is 326 Å². The highest BCUT2D eigenvalue weighted by Crippen LogP contribution is 2.34. The number of likely N-dealkylation sites (N-methyl/N-ethyl adjacent to an activating group) is 2. The van der Waals surface area contributed by atoms with E-state index >= 15 is 0 Å². The maximum absolute atomic E-state index is 14.4. The molecule has 2 atom stereocenters. The number of carbonyl (C=O) groups excluding carboxylic acids is 1. The Morgan fingerprint density at radius 3 is 1.46 bits per heavy atom. The van der Waals surface area contributed by atoms with Gasteiger partial charge in [0, 0.05) is 79.8 Å². The number of hydrogen-bond acceptors (Lipinski definition) is 19. The van der Waals surface area contributed by atoms with Crippen molar-refractivity contribution in [1.29, 1.82) is 0 Å². The van der Waals surface area contributed by atoms with Crippen molar-refractivity contribution in [2.45, 2.75) is 25.9 Å². The van der Waals surface area contributed by atoms with Crippen LogP contribution in [0.3, 0.4) is 0 Å². The van der Waals surface area contributed by atoms with Crippen molar-refractivity contribution in [3.05, 3.63) is 201 Å². The van der Waals surface area contributed by atoms with Crippen LogP contribution in [0.5, 0.6) is 11.8 Å². The van der Waals surface area contributed by atoms with E-state index in [-0.39, 0.29) is 71.4 Å². The molecule has 0 fully saturated rings.